The molecule has 2 aliphatic heterocycles. The summed E-state index contributed by atoms with van der Waals surface area (Å²) in [6.45, 7) is 3.91. The number of nitrogens with one attached hydrogen (secondary N) is 1. The quantitative estimate of drug-likeness (QED) is 0.798. The molecular weight excluding hydrogens is 380 g/mol. The molecule has 0 aliphatic carbocycles. The van der Waals surface area contributed by atoms with Crippen LogP contribution < -0.4 is 5.32 Å². The van der Waals surface area contributed by atoms with Gasteiger partial charge in [0.2, 0.25) is 15.9 Å². The maximum absolute atomic E-state index is 12.8. The average Bonchev–Trinajstić information content (AvgIpc) is 3.06. The molecule has 2 fully saturated rings. The maximum atomic E-state index is 12.8. The van der Waals surface area contributed by atoms with E-state index in [-0.39, 0.29) is 34.9 Å². The Morgan fingerprint density at radius 1 is 1.15 bits per heavy atom. The number of amides is 3. The number of piperazine rings is 1. The lowest BCUT2D eigenvalue weighted by Gasteiger charge is -2.37. The fourth-order valence-corrected chi connectivity index (χ4v) is 5.10. The molecule has 0 unspecified atom stereocenters. The Bertz CT molecular complexity index is 808. The number of hydrogen-bond acceptors (Lipinski definition) is 5. The van der Waals surface area contributed by atoms with E-state index in [1.807, 2.05) is 4.90 Å². The smallest absolute Gasteiger partial charge is 0.324 e. The Labute approximate surface area is 157 Å². The summed E-state index contributed by atoms with van der Waals surface area (Å²) < 4.78 is 26.9. The van der Waals surface area contributed by atoms with Crippen molar-refractivity contribution in [1.82, 2.24) is 19.4 Å². The first-order chi connectivity index (χ1) is 12.3. The average molecular weight is 401 g/mol. The molecule has 2 aliphatic rings. The first-order valence-corrected chi connectivity index (χ1v) is 10.2. The highest BCUT2D eigenvalue weighted by Gasteiger charge is 2.36. The molecule has 142 valence electrons. The zero-order valence-electron chi connectivity index (χ0n) is 14.4. The van der Waals surface area contributed by atoms with Crippen molar-refractivity contribution in [1.29, 1.82) is 0 Å². The van der Waals surface area contributed by atoms with E-state index in [9.17, 15) is 18.0 Å². The van der Waals surface area contributed by atoms with Crippen molar-refractivity contribution in [3.05, 3.63) is 29.3 Å². The normalized spacial score (nSPS) is 20.8. The maximum Gasteiger partial charge on any atom is 0.324 e. The Hall–Kier alpha value is -1.68. The molecule has 1 aromatic carbocycles. The summed E-state index contributed by atoms with van der Waals surface area (Å²) in [5.74, 6) is -0.262. The van der Waals surface area contributed by atoms with Gasteiger partial charge in [0.05, 0.1) is 11.1 Å². The van der Waals surface area contributed by atoms with Crippen molar-refractivity contribution in [2.45, 2.75) is 17.9 Å². The van der Waals surface area contributed by atoms with Gasteiger partial charge >= 0.3 is 6.03 Å². The minimum absolute atomic E-state index is 0.0907. The minimum Gasteiger partial charge on any atom is -0.336 e. The van der Waals surface area contributed by atoms with Gasteiger partial charge in [-0.3, -0.25) is 14.6 Å². The standard InChI is InChI=1S/C16H21ClN4O4S/c1-12(15(22)21-7-6-18-16(21)23)19-8-10-20(11-9-19)26(24,25)14-5-3-2-4-13(14)17/h2-5,12H,6-11H2,1H3,(H,18,23)/t12-/m0/s1. The van der Waals surface area contributed by atoms with Crippen LogP contribution in [0.1, 0.15) is 6.92 Å². The second kappa shape index (κ2) is 7.51. The van der Waals surface area contributed by atoms with Gasteiger partial charge in [-0.1, -0.05) is 23.7 Å². The van der Waals surface area contributed by atoms with Crippen LogP contribution in [-0.2, 0) is 14.8 Å². The first kappa shape index (κ1) is 19.1. The van der Waals surface area contributed by atoms with Crippen LogP contribution in [0.25, 0.3) is 0 Å². The molecule has 26 heavy (non-hydrogen) atoms. The van der Waals surface area contributed by atoms with Gasteiger partial charge in [-0.15, -0.1) is 0 Å². The van der Waals surface area contributed by atoms with E-state index in [1.165, 1.54) is 15.3 Å². The van der Waals surface area contributed by atoms with Crippen LogP contribution in [0.15, 0.2) is 29.2 Å². The van der Waals surface area contributed by atoms with Crippen LogP contribution in [0.5, 0.6) is 0 Å². The van der Waals surface area contributed by atoms with Gasteiger partial charge in [0.15, 0.2) is 0 Å². The van der Waals surface area contributed by atoms with E-state index in [4.69, 9.17) is 11.6 Å². The SMILES string of the molecule is C[C@@H](C(=O)N1CCNC1=O)N1CCN(S(=O)(=O)c2ccccc2Cl)CC1. The van der Waals surface area contributed by atoms with Crippen molar-refractivity contribution >= 4 is 33.6 Å². The molecule has 3 amide bonds. The van der Waals surface area contributed by atoms with Gasteiger partial charge in [0.1, 0.15) is 4.90 Å². The third-order valence-corrected chi connectivity index (χ3v) is 7.15. The van der Waals surface area contributed by atoms with Gasteiger partial charge < -0.3 is 5.32 Å². The summed E-state index contributed by atoms with van der Waals surface area (Å²) in [5, 5.41) is 2.80. The molecule has 1 atom stereocenters. The summed E-state index contributed by atoms with van der Waals surface area (Å²) in [6.07, 6.45) is 0. The lowest BCUT2D eigenvalue weighted by atomic mass is 10.2. The molecule has 0 spiro atoms. The second-order valence-corrected chi connectivity index (χ2v) is 8.58. The Balaban J connectivity index is 1.65. The Morgan fingerprint density at radius 2 is 1.81 bits per heavy atom. The topological polar surface area (TPSA) is 90.0 Å². The molecule has 3 rings (SSSR count). The number of rotatable bonds is 4. The fraction of sp³-hybridized carbons (Fsp3) is 0.500. The number of halogens is 1. The van der Waals surface area contributed by atoms with Crippen molar-refractivity contribution in [3.63, 3.8) is 0 Å². The number of hydrogen-bond donors (Lipinski definition) is 1. The molecule has 1 aromatic rings. The van der Waals surface area contributed by atoms with Crippen LogP contribution in [0.3, 0.4) is 0 Å². The Kier molecular flexibility index (Phi) is 5.52. The number of imide groups is 1. The Morgan fingerprint density at radius 3 is 2.38 bits per heavy atom. The van der Waals surface area contributed by atoms with Crippen LogP contribution in [0.2, 0.25) is 5.02 Å². The number of nitrogens with zero attached hydrogens (tertiary/aromatic N) is 3. The van der Waals surface area contributed by atoms with Crippen LogP contribution >= 0.6 is 11.6 Å². The molecule has 10 heteroatoms. The molecular formula is C16H21ClN4O4S. The zero-order chi connectivity index (χ0) is 18.9. The van der Waals surface area contributed by atoms with E-state index in [0.717, 1.165) is 0 Å². The fourth-order valence-electron chi connectivity index (χ4n) is 3.19. The lowest BCUT2D eigenvalue weighted by molar-refractivity contribution is -0.133. The van der Waals surface area contributed by atoms with Crippen molar-refractivity contribution < 1.29 is 18.0 Å². The molecule has 0 bridgehead atoms. The molecule has 2 heterocycles. The zero-order valence-corrected chi connectivity index (χ0v) is 16.0. The van der Waals surface area contributed by atoms with Crippen LogP contribution in [0, 0.1) is 0 Å². The lowest BCUT2D eigenvalue weighted by Crippen LogP contribution is -2.55. The highest BCUT2D eigenvalue weighted by atomic mass is 35.5. The van der Waals surface area contributed by atoms with Gasteiger partial charge in [0.25, 0.3) is 0 Å². The third kappa shape index (κ3) is 3.57. The van der Waals surface area contributed by atoms with Gasteiger partial charge in [-0.25, -0.2) is 13.2 Å². The molecule has 0 saturated carbocycles. The predicted octanol–water partition coefficient (Wildman–Crippen LogP) is 0.587. The second-order valence-electron chi connectivity index (χ2n) is 6.27. The van der Waals surface area contributed by atoms with Gasteiger partial charge in [-0.2, -0.15) is 4.31 Å². The van der Waals surface area contributed by atoms with Gasteiger partial charge in [-0.05, 0) is 19.1 Å². The van der Waals surface area contributed by atoms with Crippen molar-refractivity contribution in [3.8, 4) is 0 Å². The van der Waals surface area contributed by atoms with Crippen molar-refractivity contribution in [2.24, 2.45) is 0 Å². The largest absolute Gasteiger partial charge is 0.336 e. The number of urea groups is 1. The third-order valence-electron chi connectivity index (χ3n) is 4.76. The summed E-state index contributed by atoms with van der Waals surface area (Å²) in [5.41, 5.74) is 0. The van der Waals surface area contributed by atoms with E-state index < -0.39 is 16.1 Å². The summed E-state index contributed by atoms with van der Waals surface area (Å²) in [4.78, 5) is 27.3. The predicted molar refractivity (Wildman–Crippen MR) is 96.4 cm³/mol. The number of carbonyl (C=O) groups excluding carboxylic acids is 2. The highest BCUT2D eigenvalue weighted by Crippen LogP contribution is 2.25. The molecule has 0 aromatic heterocycles. The molecule has 8 nitrogen and oxygen atoms in total. The van der Waals surface area contributed by atoms with E-state index >= 15 is 0 Å². The monoisotopic (exact) mass is 400 g/mol. The van der Waals surface area contributed by atoms with Crippen LogP contribution in [0.4, 0.5) is 4.79 Å². The first-order valence-electron chi connectivity index (χ1n) is 8.40. The van der Waals surface area contributed by atoms with Crippen LogP contribution in [-0.4, -0.2) is 79.8 Å². The van der Waals surface area contributed by atoms with Crippen molar-refractivity contribution in [2.75, 3.05) is 39.3 Å². The molecule has 2 saturated heterocycles. The summed E-state index contributed by atoms with van der Waals surface area (Å²) >= 11 is 6.03. The molecule has 1 N–H and O–H groups in total. The van der Waals surface area contributed by atoms with Gasteiger partial charge in [0, 0.05) is 39.3 Å². The summed E-state index contributed by atoms with van der Waals surface area (Å²) in [7, 11) is -3.67. The summed E-state index contributed by atoms with van der Waals surface area (Å²) in [6, 6.07) is 5.50. The molecule has 0 radical (unpaired) electrons. The van der Waals surface area contributed by atoms with E-state index in [2.05, 4.69) is 5.32 Å². The van der Waals surface area contributed by atoms with E-state index in [0.29, 0.717) is 26.2 Å². The number of carbonyl (C=O) groups is 2. The number of benzene rings is 1. The number of sulfonamides is 1. The highest BCUT2D eigenvalue weighted by molar-refractivity contribution is 7.89. The van der Waals surface area contributed by atoms with E-state index in [1.54, 1.807) is 25.1 Å². The minimum atomic E-state index is -3.67.